The van der Waals surface area contributed by atoms with Gasteiger partial charge in [-0.2, -0.15) is 0 Å². The largest absolute Gasteiger partial charge is 0.391 e. The van der Waals surface area contributed by atoms with Crippen LogP contribution in [0.25, 0.3) is 0 Å². The van der Waals surface area contributed by atoms with Crippen LogP contribution < -0.4 is 0 Å². The van der Waals surface area contributed by atoms with Gasteiger partial charge in [-0.15, -0.1) is 0 Å². The van der Waals surface area contributed by atoms with Crippen LogP contribution in [-0.2, 0) is 25.6 Å². The van der Waals surface area contributed by atoms with E-state index in [1.807, 2.05) is 44.2 Å². The summed E-state index contributed by atoms with van der Waals surface area (Å²) >= 11 is 0. The van der Waals surface area contributed by atoms with Gasteiger partial charge in [-0.25, -0.2) is 0 Å². The molecule has 0 spiro atoms. The lowest BCUT2D eigenvalue weighted by atomic mass is 10.1. The number of aliphatic hydroxyl groups excluding tert-OH is 1. The van der Waals surface area contributed by atoms with Crippen molar-refractivity contribution < 1.29 is 24.1 Å². The molecule has 0 bridgehead atoms. The van der Waals surface area contributed by atoms with Gasteiger partial charge in [-0.05, 0) is 26.3 Å². The minimum Gasteiger partial charge on any atom is -0.391 e. The lowest BCUT2D eigenvalue weighted by Crippen LogP contribution is -2.41. The fourth-order valence-electron chi connectivity index (χ4n) is 2.85. The maximum atomic E-state index is 9.89. The molecule has 1 aromatic carbocycles. The Kier molecular flexibility index (Phi) is 4.03. The molecular weight excluding hydrogens is 272 g/mol. The second kappa shape index (κ2) is 5.66. The summed E-state index contributed by atoms with van der Waals surface area (Å²) in [5, 5.41) is 9.89. The van der Waals surface area contributed by atoms with Crippen LogP contribution in [0.15, 0.2) is 30.3 Å². The highest BCUT2D eigenvalue weighted by atomic mass is 16.8. The summed E-state index contributed by atoms with van der Waals surface area (Å²) in [6.07, 6.45) is -2.24. The molecule has 1 unspecified atom stereocenters. The van der Waals surface area contributed by atoms with Gasteiger partial charge < -0.3 is 24.1 Å². The first kappa shape index (κ1) is 14.9. The fourth-order valence-corrected chi connectivity index (χ4v) is 2.85. The summed E-state index contributed by atoms with van der Waals surface area (Å²) < 4.78 is 23.3. The van der Waals surface area contributed by atoms with Crippen molar-refractivity contribution in [1.82, 2.24) is 0 Å². The van der Waals surface area contributed by atoms with E-state index in [0.717, 1.165) is 5.56 Å². The first-order valence-corrected chi connectivity index (χ1v) is 7.31. The fraction of sp³-hybridized carbons (Fsp3) is 0.625. The number of benzene rings is 1. The van der Waals surface area contributed by atoms with E-state index in [1.54, 1.807) is 6.92 Å². The molecule has 5 heteroatoms. The van der Waals surface area contributed by atoms with Crippen molar-refractivity contribution in [2.24, 2.45) is 0 Å². The van der Waals surface area contributed by atoms with Gasteiger partial charge in [0.2, 0.25) is 0 Å². The monoisotopic (exact) mass is 294 g/mol. The maximum Gasteiger partial charge on any atom is 0.190 e. The van der Waals surface area contributed by atoms with Crippen LogP contribution in [0.3, 0.4) is 0 Å². The molecule has 0 aromatic heterocycles. The molecule has 5 nitrogen and oxygen atoms in total. The normalized spacial score (nSPS) is 35.6. The van der Waals surface area contributed by atoms with Gasteiger partial charge in [0.1, 0.15) is 18.3 Å². The standard InChI is InChI=1S/C16H22O5/c1-10(17)12-13(18-9-11-7-5-4-6-8-11)14-15(19-12)21-16(2,3)20-14/h4-8,10,12-15,17H,9H2,1-3H3/t10?,12-,13+,14-,15-/m1/s1. The molecule has 2 saturated heterocycles. The molecule has 2 aliphatic heterocycles. The highest BCUT2D eigenvalue weighted by molar-refractivity contribution is 5.13. The summed E-state index contributed by atoms with van der Waals surface area (Å²) in [7, 11) is 0. The van der Waals surface area contributed by atoms with Gasteiger partial charge >= 0.3 is 0 Å². The molecule has 3 rings (SSSR count). The minimum absolute atomic E-state index is 0.316. The zero-order valence-corrected chi connectivity index (χ0v) is 12.6. The SMILES string of the molecule is CC(O)[C@H]1O[C@@H]2OC(C)(C)O[C@@H]2[C@H]1OCc1ccccc1. The van der Waals surface area contributed by atoms with E-state index in [-0.39, 0.29) is 12.2 Å². The summed E-state index contributed by atoms with van der Waals surface area (Å²) in [6, 6.07) is 9.91. The van der Waals surface area contributed by atoms with Crippen LogP contribution in [0.5, 0.6) is 0 Å². The Labute approximate surface area is 124 Å². The lowest BCUT2D eigenvalue weighted by molar-refractivity contribution is -0.229. The Morgan fingerprint density at radius 3 is 2.62 bits per heavy atom. The third-order valence-corrected chi connectivity index (χ3v) is 3.79. The molecule has 2 fully saturated rings. The molecule has 0 radical (unpaired) electrons. The van der Waals surface area contributed by atoms with Gasteiger partial charge in [0, 0.05) is 0 Å². The molecule has 116 valence electrons. The lowest BCUT2D eigenvalue weighted by Gasteiger charge is -2.27. The second-order valence-electron chi connectivity index (χ2n) is 6.07. The van der Waals surface area contributed by atoms with Gasteiger partial charge in [-0.3, -0.25) is 0 Å². The summed E-state index contributed by atoms with van der Waals surface area (Å²) in [5.41, 5.74) is 1.07. The van der Waals surface area contributed by atoms with Gasteiger partial charge in [0.25, 0.3) is 0 Å². The number of ether oxygens (including phenoxy) is 4. The molecule has 0 saturated carbocycles. The third-order valence-electron chi connectivity index (χ3n) is 3.79. The number of aliphatic hydroxyl groups is 1. The maximum absolute atomic E-state index is 9.89. The molecule has 2 aliphatic rings. The highest BCUT2D eigenvalue weighted by Crippen LogP contribution is 2.39. The summed E-state index contributed by atoms with van der Waals surface area (Å²) in [4.78, 5) is 0. The van der Waals surface area contributed by atoms with Crippen molar-refractivity contribution in [1.29, 1.82) is 0 Å². The smallest absolute Gasteiger partial charge is 0.190 e. The zero-order chi connectivity index (χ0) is 15.0. The topological polar surface area (TPSA) is 57.2 Å². The number of rotatable bonds is 4. The van der Waals surface area contributed by atoms with Crippen LogP contribution >= 0.6 is 0 Å². The quantitative estimate of drug-likeness (QED) is 0.918. The van der Waals surface area contributed by atoms with E-state index < -0.39 is 24.3 Å². The van der Waals surface area contributed by atoms with Crippen LogP contribution in [0.2, 0.25) is 0 Å². The van der Waals surface area contributed by atoms with Crippen molar-refractivity contribution in [2.45, 2.75) is 63.9 Å². The first-order valence-electron chi connectivity index (χ1n) is 7.31. The zero-order valence-electron chi connectivity index (χ0n) is 12.6. The summed E-state index contributed by atoms with van der Waals surface area (Å²) in [5.74, 6) is -0.687. The van der Waals surface area contributed by atoms with Gasteiger partial charge in [0.15, 0.2) is 12.1 Å². The third kappa shape index (κ3) is 3.12. The number of hydrogen-bond acceptors (Lipinski definition) is 5. The number of fused-ring (bicyclic) bond motifs is 1. The predicted molar refractivity (Wildman–Crippen MR) is 75.4 cm³/mol. The molecule has 5 atom stereocenters. The van der Waals surface area contributed by atoms with E-state index in [1.165, 1.54) is 0 Å². The van der Waals surface area contributed by atoms with Crippen molar-refractivity contribution in [3.8, 4) is 0 Å². The Morgan fingerprint density at radius 2 is 1.95 bits per heavy atom. The van der Waals surface area contributed by atoms with Crippen LogP contribution in [0.1, 0.15) is 26.3 Å². The minimum atomic E-state index is -0.687. The van der Waals surface area contributed by atoms with Crippen molar-refractivity contribution in [3.63, 3.8) is 0 Å². The molecule has 2 heterocycles. The van der Waals surface area contributed by atoms with E-state index in [2.05, 4.69) is 0 Å². The highest BCUT2D eigenvalue weighted by Gasteiger charge is 2.56. The molecule has 1 N–H and O–H groups in total. The van der Waals surface area contributed by atoms with E-state index in [0.29, 0.717) is 6.61 Å². The molecular formula is C16H22O5. The Balaban J connectivity index is 1.70. The van der Waals surface area contributed by atoms with Gasteiger partial charge in [0.05, 0.1) is 12.7 Å². The van der Waals surface area contributed by atoms with E-state index in [4.69, 9.17) is 18.9 Å². The molecule has 21 heavy (non-hydrogen) atoms. The van der Waals surface area contributed by atoms with Gasteiger partial charge in [-0.1, -0.05) is 30.3 Å². The van der Waals surface area contributed by atoms with Crippen LogP contribution in [-0.4, -0.2) is 41.6 Å². The predicted octanol–water partition coefficient (Wildman–Crippen LogP) is 1.83. The average Bonchev–Trinajstić information content (AvgIpc) is 2.90. The number of hydrogen-bond donors (Lipinski definition) is 1. The van der Waals surface area contributed by atoms with Crippen molar-refractivity contribution in [3.05, 3.63) is 35.9 Å². The Bertz CT molecular complexity index is 473. The van der Waals surface area contributed by atoms with Crippen molar-refractivity contribution in [2.75, 3.05) is 0 Å². The van der Waals surface area contributed by atoms with Crippen LogP contribution in [0, 0.1) is 0 Å². The summed E-state index contributed by atoms with van der Waals surface area (Å²) in [6.45, 7) is 5.83. The van der Waals surface area contributed by atoms with Crippen LogP contribution in [0.4, 0.5) is 0 Å². The van der Waals surface area contributed by atoms with E-state index >= 15 is 0 Å². The average molecular weight is 294 g/mol. The Hall–Kier alpha value is -0.980. The molecule has 0 amide bonds. The second-order valence-corrected chi connectivity index (χ2v) is 6.07. The van der Waals surface area contributed by atoms with E-state index in [9.17, 15) is 5.11 Å². The van der Waals surface area contributed by atoms with Crippen molar-refractivity contribution >= 4 is 0 Å². The molecule has 1 aromatic rings. The molecule has 0 aliphatic carbocycles. The first-order chi connectivity index (χ1) is 9.96. The Morgan fingerprint density at radius 1 is 1.24 bits per heavy atom.